The van der Waals surface area contributed by atoms with E-state index in [0.29, 0.717) is 0 Å². The Kier molecular flexibility index (Phi) is 4.81. The fourth-order valence-electron chi connectivity index (χ4n) is 3.75. The minimum Gasteiger partial charge on any atom is -0.495 e. The molecule has 1 saturated heterocycles. The molecule has 0 aliphatic carbocycles. The molecule has 3 aromatic rings. The second kappa shape index (κ2) is 7.40. The van der Waals surface area contributed by atoms with E-state index in [0.717, 1.165) is 34.5 Å². The molecule has 1 aliphatic heterocycles. The third kappa shape index (κ3) is 3.06. The Bertz CT molecular complexity index is 940. The maximum absolute atomic E-state index is 5.63. The second-order valence-electron chi connectivity index (χ2n) is 6.39. The zero-order valence-electron chi connectivity index (χ0n) is 15.4. The van der Waals surface area contributed by atoms with Crippen LogP contribution in [-0.4, -0.2) is 33.2 Å². The van der Waals surface area contributed by atoms with Gasteiger partial charge in [0.05, 0.1) is 30.6 Å². The first-order valence-corrected chi connectivity index (χ1v) is 9.44. The van der Waals surface area contributed by atoms with Crippen molar-refractivity contribution in [3.8, 4) is 11.4 Å². The third-order valence-electron chi connectivity index (χ3n) is 4.97. The highest BCUT2D eigenvalue weighted by Gasteiger charge is 2.40. The Balaban J connectivity index is 1.83. The summed E-state index contributed by atoms with van der Waals surface area (Å²) in [6.07, 6.45) is 3.89. The summed E-state index contributed by atoms with van der Waals surface area (Å²) in [6.45, 7) is 2.94. The van der Waals surface area contributed by atoms with Gasteiger partial charge in [-0.15, -0.1) is 0 Å². The molecule has 0 amide bonds. The molecular weight excluding hydrogens is 356 g/mol. The summed E-state index contributed by atoms with van der Waals surface area (Å²) in [7, 11) is 1.70. The number of ether oxygens (including phenoxy) is 1. The summed E-state index contributed by atoms with van der Waals surface area (Å²) >= 11 is 5.63. The van der Waals surface area contributed by atoms with Crippen molar-refractivity contribution >= 4 is 17.3 Å². The van der Waals surface area contributed by atoms with Crippen molar-refractivity contribution in [2.45, 2.75) is 19.0 Å². The van der Waals surface area contributed by atoms with Crippen LogP contribution in [0.25, 0.3) is 5.69 Å². The standard InChI is InChI=1S/C21H22N4OS/c1-3-24-20(19(23-21(24)27)15-9-6-7-13-22-15)17-11-8-14-25(17)16-10-4-5-12-18(16)26-2/h4-14,19-20H,3H2,1-2H3,(H,23,27). The summed E-state index contributed by atoms with van der Waals surface area (Å²) in [5.41, 5.74) is 3.13. The molecule has 27 heavy (non-hydrogen) atoms. The van der Waals surface area contributed by atoms with Crippen LogP contribution < -0.4 is 10.1 Å². The van der Waals surface area contributed by atoms with Gasteiger partial charge in [-0.2, -0.15) is 0 Å². The number of hydrogen-bond acceptors (Lipinski definition) is 3. The molecule has 2 unspecified atom stereocenters. The van der Waals surface area contributed by atoms with Gasteiger partial charge in [0, 0.05) is 24.6 Å². The van der Waals surface area contributed by atoms with E-state index < -0.39 is 0 Å². The van der Waals surface area contributed by atoms with E-state index in [1.54, 1.807) is 7.11 Å². The molecule has 5 nitrogen and oxygen atoms in total. The van der Waals surface area contributed by atoms with Gasteiger partial charge in [0.1, 0.15) is 5.75 Å². The number of nitrogens with zero attached hydrogens (tertiary/aromatic N) is 3. The minimum atomic E-state index is -0.0120. The van der Waals surface area contributed by atoms with Gasteiger partial charge >= 0.3 is 0 Å². The molecule has 0 radical (unpaired) electrons. The molecular formula is C21H22N4OS. The van der Waals surface area contributed by atoms with Crippen molar-refractivity contribution in [2.24, 2.45) is 0 Å². The van der Waals surface area contributed by atoms with E-state index in [2.05, 4.69) is 51.1 Å². The average Bonchev–Trinajstić information content (AvgIpc) is 3.32. The number of thiocarbonyl (C=S) groups is 1. The lowest BCUT2D eigenvalue weighted by Crippen LogP contribution is -2.30. The van der Waals surface area contributed by atoms with E-state index >= 15 is 0 Å². The van der Waals surface area contributed by atoms with Gasteiger partial charge in [-0.05, 0) is 55.5 Å². The fourth-order valence-corrected chi connectivity index (χ4v) is 4.12. The predicted octanol–water partition coefficient (Wildman–Crippen LogP) is 3.87. The largest absolute Gasteiger partial charge is 0.495 e. The van der Waals surface area contributed by atoms with Gasteiger partial charge in [0.2, 0.25) is 0 Å². The average molecular weight is 379 g/mol. The molecule has 1 aromatic carbocycles. The zero-order valence-corrected chi connectivity index (χ0v) is 16.2. The predicted molar refractivity (Wildman–Crippen MR) is 110 cm³/mol. The highest BCUT2D eigenvalue weighted by atomic mass is 32.1. The first-order chi connectivity index (χ1) is 13.2. The number of rotatable bonds is 5. The van der Waals surface area contributed by atoms with Crippen LogP contribution in [0.4, 0.5) is 0 Å². The van der Waals surface area contributed by atoms with Crippen LogP contribution >= 0.6 is 12.2 Å². The van der Waals surface area contributed by atoms with Gasteiger partial charge in [-0.25, -0.2) is 0 Å². The van der Waals surface area contributed by atoms with Crippen molar-refractivity contribution in [1.82, 2.24) is 19.8 Å². The number of benzene rings is 1. The Hall–Kier alpha value is -2.86. The van der Waals surface area contributed by atoms with Crippen molar-refractivity contribution in [1.29, 1.82) is 0 Å². The lowest BCUT2D eigenvalue weighted by Gasteiger charge is -2.28. The Morgan fingerprint density at radius 1 is 1.11 bits per heavy atom. The molecule has 2 atom stereocenters. The van der Waals surface area contributed by atoms with Gasteiger partial charge in [-0.3, -0.25) is 4.98 Å². The number of hydrogen-bond donors (Lipinski definition) is 1. The van der Waals surface area contributed by atoms with Crippen molar-refractivity contribution in [3.05, 3.63) is 78.4 Å². The van der Waals surface area contributed by atoms with Crippen molar-refractivity contribution in [3.63, 3.8) is 0 Å². The van der Waals surface area contributed by atoms with E-state index in [-0.39, 0.29) is 12.1 Å². The summed E-state index contributed by atoms with van der Waals surface area (Å²) in [5, 5.41) is 4.22. The topological polar surface area (TPSA) is 42.3 Å². The van der Waals surface area contributed by atoms with Crippen LogP contribution in [0.1, 0.15) is 30.4 Å². The lowest BCUT2D eigenvalue weighted by molar-refractivity contribution is 0.320. The SMILES string of the molecule is CCN1C(=S)NC(c2ccccn2)C1c1cccn1-c1ccccc1OC. The second-order valence-corrected chi connectivity index (χ2v) is 6.77. The number of nitrogens with one attached hydrogen (secondary N) is 1. The van der Waals surface area contributed by atoms with Crippen molar-refractivity contribution in [2.75, 3.05) is 13.7 Å². The molecule has 1 fully saturated rings. The fraction of sp³-hybridized carbons (Fsp3) is 0.238. The molecule has 0 bridgehead atoms. The van der Waals surface area contributed by atoms with E-state index in [4.69, 9.17) is 17.0 Å². The van der Waals surface area contributed by atoms with E-state index in [1.165, 1.54) is 0 Å². The minimum absolute atomic E-state index is 0.0120. The van der Waals surface area contributed by atoms with Gasteiger partial charge in [-0.1, -0.05) is 18.2 Å². The summed E-state index contributed by atoms with van der Waals surface area (Å²) in [5.74, 6) is 0.834. The van der Waals surface area contributed by atoms with Gasteiger partial charge in [0.15, 0.2) is 5.11 Å². The highest BCUT2D eigenvalue weighted by molar-refractivity contribution is 7.80. The first-order valence-electron chi connectivity index (χ1n) is 9.03. The van der Waals surface area contributed by atoms with Gasteiger partial charge in [0.25, 0.3) is 0 Å². The number of likely N-dealkylation sites (N-methyl/N-ethyl adjacent to an activating group) is 1. The van der Waals surface area contributed by atoms with E-state index in [9.17, 15) is 0 Å². The van der Waals surface area contributed by atoms with Crippen LogP contribution in [0.5, 0.6) is 5.75 Å². The quantitative estimate of drug-likeness (QED) is 0.683. The Morgan fingerprint density at radius 3 is 2.67 bits per heavy atom. The van der Waals surface area contributed by atoms with Crippen molar-refractivity contribution < 1.29 is 4.74 Å². The molecule has 3 heterocycles. The monoisotopic (exact) mass is 378 g/mol. The molecule has 138 valence electrons. The molecule has 1 aliphatic rings. The van der Waals surface area contributed by atoms with Crippen LogP contribution in [-0.2, 0) is 0 Å². The molecule has 6 heteroatoms. The highest BCUT2D eigenvalue weighted by Crippen LogP contribution is 2.40. The Labute approximate surface area is 164 Å². The maximum Gasteiger partial charge on any atom is 0.170 e. The summed E-state index contributed by atoms with van der Waals surface area (Å²) in [6, 6.07) is 18.3. The number of methoxy groups -OCH3 is 1. The number of pyridine rings is 1. The van der Waals surface area contributed by atoms with Crippen LogP contribution in [0.2, 0.25) is 0 Å². The molecule has 0 saturated carbocycles. The lowest BCUT2D eigenvalue weighted by atomic mass is 10.0. The van der Waals surface area contributed by atoms with Crippen LogP contribution in [0.3, 0.4) is 0 Å². The normalized spacial score (nSPS) is 19.2. The number of para-hydroxylation sites is 2. The summed E-state index contributed by atoms with van der Waals surface area (Å²) < 4.78 is 7.76. The molecule has 4 rings (SSSR count). The first kappa shape index (κ1) is 17.5. The van der Waals surface area contributed by atoms with E-state index in [1.807, 2.05) is 42.6 Å². The molecule has 2 aromatic heterocycles. The third-order valence-corrected chi connectivity index (χ3v) is 5.32. The molecule has 1 N–H and O–H groups in total. The smallest absolute Gasteiger partial charge is 0.170 e. The summed E-state index contributed by atoms with van der Waals surface area (Å²) in [4.78, 5) is 6.80. The maximum atomic E-state index is 5.63. The zero-order chi connectivity index (χ0) is 18.8. The van der Waals surface area contributed by atoms with Crippen LogP contribution in [0.15, 0.2) is 67.0 Å². The number of aromatic nitrogens is 2. The van der Waals surface area contributed by atoms with Crippen LogP contribution in [0, 0.1) is 0 Å². The van der Waals surface area contributed by atoms with Gasteiger partial charge < -0.3 is 19.5 Å². The Morgan fingerprint density at radius 2 is 1.93 bits per heavy atom. The molecule has 0 spiro atoms.